The first-order valence-electron chi connectivity index (χ1n) is 32.8. The summed E-state index contributed by atoms with van der Waals surface area (Å²) in [5, 5.41) is 24.8. The summed E-state index contributed by atoms with van der Waals surface area (Å²) in [5.41, 5.74) is 60.6. The van der Waals surface area contributed by atoms with Crippen molar-refractivity contribution in [3.8, 4) is 0 Å². The van der Waals surface area contributed by atoms with Crippen LogP contribution in [0.1, 0.15) is 118 Å². The van der Waals surface area contributed by atoms with Gasteiger partial charge in [-0.15, -0.1) is 0 Å². The molecule has 6 heterocycles. The zero-order chi connectivity index (χ0) is 70.0. The van der Waals surface area contributed by atoms with Crippen molar-refractivity contribution in [2.45, 2.75) is 262 Å². The average Bonchev–Trinajstić information content (AvgIpc) is 0.772. The molecule has 97 heavy (non-hydrogen) atoms. The minimum Gasteiger partial charge on any atom is -0.469 e. The zero-order valence-electron chi connectivity index (χ0n) is 56.3. The Morgan fingerprint density at radius 2 is 0.722 bits per heavy atom. The van der Waals surface area contributed by atoms with Gasteiger partial charge in [0.05, 0.1) is 92.2 Å². The highest BCUT2D eigenvalue weighted by atomic mass is 16.8. The molecule has 6 saturated heterocycles. The molecule has 528 valence electrons. The summed E-state index contributed by atoms with van der Waals surface area (Å²) in [6.45, 7) is 19.3. The quantitative estimate of drug-likeness (QED) is 0.0251. The zero-order valence-corrected chi connectivity index (χ0v) is 56.3. The number of hydrogen-bond acceptors (Lipinski definition) is 23. The van der Waals surface area contributed by atoms with E-state index >= 15 is 0 Å². The second-order valence-corrected chi connectivity index (χ2v) is 25.5. The number of benzene rings is 2. The van der Waals surface area contributed by atoms with Crippen LogP contribution >= 0.6 is 0 Å². The van der Waals surface area contributed by atoms with Crippen molar-refractivity contribution in [3.63, 3.8) is 0 Å². The van der Waals surface area contributed by atoms with E-state index in [1.54, 1.807) is 99.6 Å². The summed E-state index contributed by atoms with van der Waals surface area (Å²) >= 11 is 0. The Kier molecular flexibility index (Phi) is 28.0. The van der Waals surface area contributed by atoms with Crippen LogP contribution in [0.2, 0.25) is 0 Å². The Labute approximate surface area is 561 Å². The Bertz CT molecular complexity index is 3210. The molecular formula is C62H88N18O17. The normalized spacial score (nSPS) is 39.5. The summed E-state index contributed by atoms with van der Waals surface area (Å²) in [6.07, 6.45) is -19.4. The first-order valence-corrected chi connectivity index (χ1v) is 32.8. The highest BCUT2D eigenvalue weighted by Crippen LogP contribution is 2.44. The standard InChI is InChI=1S/C62H88N18O17/c1-29-43(69-75-63)34(6)86-57(84-27-21-15-20-26-42(81)83-12)49(29)93-59-51(31(3)45(71-77-65)36(8)88-59)95-60-52(32(4)46(72-78-66)37(9)89-60)96-62-55(85-28-40-22-16-13-17-23-40)54(48(74-80-68)39(11)91-62)97-61-53(33(5)47(73-79-67)38(10)90-61)94-58-50(30(2)44(70-76-64)35(7)87-58)92-56(82)41-24-18-14-19-25-41/h13-14,16-19,22-25,29-39,43-55,57-62H,15,20-21,26-28H2,1-12H3/t29-,30-,31-,32-,33-,34?,35?,36?,37?,38?,39?,43-,44-,45-,46-,47-,48+,49?,50?,51?,52?,53?,54-,55?,57-,58+,59+,60+,61+,62+/m0/s1. The van der Waals surface area contributed by atoms with E-state index in [-0.39, 0.29) is 31.2 Å². The van der Waals surface area contributed by atoms with E-state index in [0.29, 0.717) is 24.8 Å². The van der Waals surface area contributed by atoms with E-state index in [4.69, 9.17) is 71.1 Å². The lowest BCUT2D eigenvalue weighted by Gasteiger charge is -2.52. The third-order valence-electron chi connectivity index (χ3n) is 19.2. The smallest absolute Gasteiger partial charge is 0.338 e. The lowest BCUT2D eigenvalue weighted by atomic mass is 9.86. The topological polar surface area (TPSA) is 465 Å². The van der Waals surface area contributed by atoms with Crippen molar-refractivity contribution in [2.24, 2.45) is 60.3 Å². The molecule has 0 amide bonds. The van der Waals surface area contributed by atoms with Gasteiger partial charge in [-0.25, -0.2) is 4.79 Å². The van der Waals surface area contributed by atoms with Crippen molar-refractivity contribution in [1.29, 1.82) is 0 Å². The minimum absolute atomic E-state index is 0.0949. The van der Waals surface area contributed by atoms with Crippen molar-refractivity contribution < 1.29 is 80.6 Å². The number of nitrogens with zero attached hydrogens (tertiary/aromatic N) is 18. The molecule has 0 spiro atoms. The van der Waals surface area contributed by atoms with Crippen LogP contribution in [0.25, 0.3) is 62.7 Å². The highest BCUT2D eigenvalue weighted by Gasteiger charge is 2.57. The number of unbranched alkanes of at least 4 members (excludes halogenated alkanes) is 2. The summed E-state index contributed by atoms with van der Waals surface area (Å²) in [5.74, 6) is -4.47. The van der Waals surface area contributed by atoms with Crippen LogP contribution in [0.3, 0.4) is 0 Å². The Hall–Kier alpha value is -7.28. The number of carbonyl (C=O) groups is 2. The van der Waals surface area contributed by atoms with Crippen LogP contribution in [0.5, 0.6) is 0 Å². The molecule has 0 aromatic heterocycles. The van der Waals surface area contributed by atoms with Gasteiger partial charge in [-0.2, -0.15) is 0 Å². The molecule has 0 aliphatic carbocycles. The van der Waals surface area contributed by atoms with Gasteiger partial charge >= 0.3 is 11.9 Å². The number of methoxy groups -OCH3 is 1. The second-order valence-electron chi connectivity index (χ2n) is 25.5. The third kappa shape index (κ3) is 18.3. The van der Waals surface area contributed by atoms with Crippen molar-refractivity contribution in [3.05, 3.63) is 134 Å². The van der Waals surface area contributed by atoms with Crippen LogP contribution in [-0.4, -0.2) is 179 Å². The van der Waals surface area contributed by atoms with Gasteiger partial charge in [0.2, 0.25) is 0 Å². The number of azide groups is 6. The molecule has 12 unspecified atom stereocenters. The van der Waals surface area contributed by atoms with E-state index in [2.05, 4.69) is 60.2 Å². The lowest BCUT2D eigenvalue weighted by molar-refractivity contribution is -0.387. The summed E-state index contributed by atoms with van der Waals surface area (Å²) in [7, 11) is 1.34. The highest BCUT2D eigenvalue weighted by molar-refractivity contribution is 5.89. The van der Waals surface area contributed by atoms with Crippen molar-refractivity contribution in [2.75, 3.05) is 13.7 Å². The van der Waals surface area contributed by atoms with Gasteiger partial charge in [0, 0.05) is 48.4 Å². The molecular weight excluding hydrogens is 1270 g/mol. The second kappa shape index (κ2) is 36.0. The summed E-state index contributed by atoms with van der Waals surface area (Å²) in [6, 6.07) is 12.0. The molecule has 2 aromatic carbocycles. The van der Waals surface area contributed by atoms with E-state index in [0.717, 1.165) is 0 Å². The SMILES string of the molecule is COC(=O)CCCCCO[C@H]1OC(C)[C@@H](N=[N+]=[N-])[C@H](C)C1O[C@H]1OC(C)[C@@H](N=[N+]=[N-])[C@H](C)C1O[C@H]1OC(C)[C@@H](N=[N+]=[N-])[C@H](C)C1O[C@H]1OC(C)[C@@H](N=[N+]=[N-])[C@H](O[C@H]2OC(C)[C@@H](N=[N+]=[N-])[C@H](C)C2O[C@H]2OC(C)[C@@H](N=[N+]=[N-])[C@H](C)C2OC(=O)c2ccccc2)C1OCc1ccccc1. The first-order chi connectivity index (χ1) is 46.7. The fourth-order valence-corrected chi connectivity index (χ4v) is 13.8. The van der Waals surface area contributed by atoms with E-state index in [1.807, 2.05) is 37.3 Å². The molecule has 35 heteroatoms. The first kappa shape index (κ1) is 75.5. The fraction of sp³-hybridized carbons (Fsp3) is 0.774. The van der Waals surface area contributed by atoms with Gasteiger partial charge < -0.3 is 71.1 Å². The molecule has 6 aliphatic heterocycles. The molecule has 8 rings (SSSR count). The van der Waals surface area contributed by atoms with Crippen LogP contribution in [-0.2, 0) is 82.5 Å². The Morgan fingerprint density at radius 1 is 0.392 bits per heavy atom. The third-order valence-corrected chi connectivity index (χ3v) is 19.2. The van der Waals surface area contributed by atoms with Gasteiger partial charge in [0.1, 0.15) is 36.6 Å². The fourth-order valence-electron chi connectivity index (χ4n) is 13.8. The monoisotopic (exact) mass is 1360 g/mol. The molecule has 35 nitrogen and oxygen atoms in total. The van der Waals surface area contributed by atoms with Crippen LogP contribution in [0.4, 0.5) is 0 Å². The van der Waals surface area contributed by atoms with E-state index in [1.165, 1.54) is 7.11 Å². The maximum atomic E-state index is 13.9. The van der Waals surface area contributed by atoms with Gasteiger partial charge in [-0.1, -0.05) is 120 Å². The predicted molar refractivity (Wildman–Crippen MR) is 341 cm³/mol. The number of ether oxygens (including phenoxy) is 15. The van der Waals surface area contributed by atoms with Gasteiger partial charge in [-0.05, 0) is 129 Å². The largest absolute Gasteiger partial charge is 0.469 e. The lowest BCUT2D eigenvalue weighted by Crippen LogP contribution is -2.65. The Balaban J connectivity index is 1.17. The van der Waals surface area contributed by atoms with Crippen molar-refractivity contribution in [1.82, 2.24) is 0 Å². The van der Waals surface area contributed by atoms with E-state index < -0.39 is 189 Å². The molecule has 6 fully saturated rings. The maximum absolute atomic E-state index is 13.9. The van der Waals surface area contributed by atoms with Gasteiger partial charge in [0.25, 0.3) is 0 Å². The van der Waals surface area contributed by atoms with Crippen LogP contribution in [0.15, 0.2) is 91.3 Å². The number of rotatable bonds is 28. The summed E-state index contributed by atoms with van der Waals surface area (Å²) in [4.78, 5) is 44.6. The minimum atomic E-state index is -1.49. The molecule has 0 saturated carbocycles. The Morgan fingerprint density at radius 3 is 1.12 bits per heavy atom. The molecule has 2 aromatic rings. The summed E-state index contributed by atoms with van der Waals surface area (Å²) < 4.78 is 99.5. The predicted octanol–water partition coefficient (Wildman–Crippen LogP) is 12.2. The maximum Gasteiger partial charge on any atom is 0.338 e. The van der Waals surface area contributed by atoms with E-state index in [9.17, 15) is 42.8 Å². The number of hydrogen-bond donors (Lipinski definition) is 0. The average molecular weight is 1360 g/mol. The molecule has 0 radical (unpaired) electrons. The van der Waals surface area contributed by atoms with Crippen LogP contribution < -0.4 is 0 Å². The number of carbonyl (C=O) groups excluding carboxylic acids is 2. The van der Waals surface area contributed by atoms with Gasteiger partial charge in [-0.3, -0.25) is 4.79 Å². The molecule has 0 N–H and O–H groups in total. The van der Waals surface area contributed by atoms with Crippen LogP contribution in [0, 0.1) is 29.6 Å². The molecule has 30 atom stereocenters. The van der Waals surface area contributed by atoms with Gasteiger partial charge in [0.15, 0.2) is 43.8 Å². The molecule has 0 bridgehead atoms. The number of esters is 2. The van der Waals surface area contributed by atoms with Crippen molar-refractivity contribution >= 4 is 11.9 Å². The molecule has 6 aliphatic rings.